The third kappa shape index (κ3) is 1.61. The number of Topliss-reactive ketones (excluding diaryl/α,β-unsaturated/α-hetero) is 1. The van der Waals surface area contributed by atoms with Crippen LogP contribution in [-0.2, 0) is 0 Å². The summed E-state index contributed by atoms with van der Waals surface area (Å²) < 4.78 is 13.5. The van der Waals surface area contributed by atoms with Gasteiger partial charge in [0.05, 0.1) is 11.3 Å². The van der Waals surface area contributed by atoms with Gasteiger partial charge in [-0.05, 0) is 30.3 Å². The lowest BCUT2D eigenvalue weighted by atomic mass is 10.0. The minimum Gasteiger partial charge on any atom is -0.494 e. The number of aromatic hydroxyl groups is 1. The molecule has 0 unspecified atom stereocenters. The topological polar surface area (TPSA) is 65.4 Å². The molecule has 2 aromatic carbocycles. The molecule has 102 valence electrons. The van der Waals surface area contributed by atoms with Crippen molar-refractivity contribution in [1.82, 2.24) is 4.98 Å². The summed E-state index contributed by atoms with van der Waals surface area (Å²) in [6.07, 6.45) is 0. The second-order valence-electron chi connectivity index (χ2n) is 4.85. The Hall–Kier alpha value is -2.95. The van der Waals surface area contributed by atoms with Crippen LogP contribution in [-0.4, -0.2) is 21.6 Å². The minimum atomic E-state index is -0.439. The molecule has 0 aliphatic carbocycles. The lowest BCUT2D eigenvalue weighted by Gasteiger charge is -1.99. The van der Waals surface area contributed by atoms with Crippen LogP contribution >= 0.6 is 0 Å². The fourth-order valence-electron chi connectivity index (χ4n) is 2.62. The largest absolute Gasteiger partial charge is 0.494 e. The first-order valence-corrected chi connectivity index (χ1v) is 6.38. The number of ketones is 1. The van der Waals surface area contributed by atoms with Gasteiger partial charge in [0.2, 0.25) is 5.78 Å². The second-order valence-corrected chi connectivity index (χ2v) is 4.85. The molecule has 0 saturated heterocycles. The number of nitrogens with zero attached hydrogens (tertiary/aromatic N) is 1. The molecule has 3 aromatic rings. The first-order valence-electron chi connectivity index (χ1n) is 6.38. The number of fused-ring (bicyclic) bond motifs is 2. The summed E-state index contributed by atoms with van der Waals surface area (Å²) in [5.74, 6) is -0.895. The maximum atomic E-state index is 13.5. The monoisotopic (exact) mass is 280 g/mol. The van der Waals surface area contributed by atoms with Gasteiger partial charge in [0, 0.05) is 16.5 Å². The zero-order valence-electron chi connectivity index (χ0n) is 10.7. The zero-order chi connectivity index (χ0) is 14.6. The number of carbonyl (C=O) groups is 1. The number of aromatic amines is 1. The van der Waals surface area contributed by atoms with Crippen LogP contribution in [0, 0.1) is 5.82 Å². The van der Waals surface area contributed by atoms with Crippen molar-refractivity contribution in [3.05, 3.63) is 59.4 Å². The molecule has 4 nitrogen and oxygen atoms in total. The zero-order valence-corrected chi connectivity index (χ0v) is 10.7. The smallest absolute Gasteiger partial charge is 0.214 e. The van der Waals surface area contributed by atoms with E-state index in [1.54, 1.807) is 24.3 Å². The summed E-state index contributed by atoms with van der Waals surface area (Å²) >= 11 is 0. The van der Waals surface area contributed by atoms with Crippen molar-refractivity contribution in [1.29, 1.82) is 0 Å². The molecule has 2 heterocycles. The summed E-state index contributed by atoms with van der Waals surface area (Å²) in [7, 11) is 0. The van der Waals surface area contributed by atoms with Crippen LogP contribution in [0.25, 0.3) is 10.9 Å². The molecule has 1 aliphatic heterocycles. The highest BCUT2D eigenvalue weighted by molar-refractivity contribution is 6.56. The summed E-state index contributed by atoms with van der Waals surface area (Å²) in [6, 6.07) is 11.0. The van der Waals surface area contributed by atoms with Gasteiger partial charge in [-0.25, -0.2) is 9.38 Å². The molecular weight excluding hydrogens is 271 g/mol. The van der Waals surface area contributed by atoms with E-state index in [9.17, 15) is 14.3 Å². The molecule has 4 rings (SSSR count). The number of hydrogen-bond donors (Lipinski definition) is 2. The third-order valence-corrected chi connectivity index (χ3v) is 3.57. The number of rotatable bonds is 1. The molecule has 2 N–H and O–H groups in total. The lowest BCUT2D eigenvalue weighted by Crippen LogP contribution is -2.10. The van der Waals surface area contributed by atoms with E-state index in [0.717, 1.165) is 0 Å². The number of carbonyl (C=O) groups excluding carboxylic acids is 1. The van der Waals surface area contributed by atoms with E-state index in [1.165, 1.54) is 18.2 Å². The normalized spacial score (nSPS) is 13.6. The molecule has 0 bridgehead atoms. The fourth-order valence-corrected chi connectivity index (χ4v) is 2.62. The molecule has 0 fully saturated rings. The molecule has 0 saturated carbocycles. The quantitative estimate of drug-likeness (QED) is 0.718. The molecule has 0 spiro atoms. The Balaban J connectivity index is 1.99. The predicted octanol–water partition coefficient (Wildman–Crippen LogP) is 3.33. The van der Waals surface area contributed by atoms with Crippen molar-refractivity contribution < 1.29 is 14.3 Å². The van der Waals surface area contributed by atoms with Gasteiger partial charge in [-0.15, -0.1) is 0 Å². The summed E-state index contributed by atoms with van der Waals surface area (Å²) in [5, 5.41) is 10.5. The summed E-state index contributed by atoms with van der Waals surface area (Å²) in [6.45, 7) is 0. The Labute approximate surface area is 118 Å². The lowest BCUT2D eigenvalue weighted by molar-refractivity contribution is 0.107. The Kier molecular flexibility index (Phi) is 2.27. The molecule has 1 aromatic heterocycles. The number of hydrogen-bond acceptors (Lipinski definition) is 3. The number of aromatic nitrogens is 1. The summed E-state index contributed by atoms with van der Waals surface area (Å²) in [5.41, 5.74) is 1.96. The predicted molar refractivity (Wildman–Crippen MR) is 76.9 cm³/mol. The van der Waals surface area contributed by atoms with Gasteiger partial charge in [0.15, 0.2) is 5.88 Å². The van der Waals surface area contributed by atoms with Crippen LogP contribution < -0.4 is 0 Å². The van der Waals surface area contributed by atoms with E-state index in [2.05, 4.69) is 9.98 Å². The maximum absolute atomic E-state index is 13.5. The van der Waals surface area contributed by atoms with Crippen molar-refractivity contribution in [2.24, 2.45) is 4.99 Å². The molecule has 0 amide bonds. The van der Waals surface area contributed by atoms with Crippen LogP contribution in [0.1, 0.15) is 15.9 Å². The highest BCUT2D eigenvalue weighted by Crippen LogP contribution is 2.35. The van der Waals surface area contributed by atoms with Crippen LogP contribution in [0.5, 0.6) is 5.88 Å². The van der Waals surface area contributed by atoms with E-state index in [-0.39, 0.29) is 22.9 Å². The Morgan fingerprint density at radius 3 is 2.76 bits per heavy atom. The van der Waals surface area contributed by atoms with Crippen molar-refractivity contribution in [2.75, 3.05) is 0 Å². The van der Waals surface area contributed by atoms with Crippen LogP contribution in [0.15, 0.2) is 47.5 Å². The third-order valence-electron chi connectivity index (χ3n) is 3.57. The number of nitrogens with one attached hydrogen (secondary N) is 1. The van der Waals surface area contributed by atoms with Gasteiger partial charge >= 0.3 is 0 Å². The Morgan fingerprint density at radius 2 is 1.95 bits per heavy atom. The Morgan fingerprint density at radius 1 is 1.14 bits per heavy atom. The first-order chi connectivity index (χ1) is 10.1. The fraction of sp³-hybridized carbons (Fsp3) is 0. The molecule has 21 heavy (non-hydrogen) atoms. The van der Waals surface area contributed by atoms with Gasteiger partial charge < -0.3 is 10.1 Å². The minimum absolute atomic E-state index is 0.130. The Bertz CT molecular complexity index is 941. The van der Waals surface area contributed by atoms with E-state index in [4.69, 9.17) is 0 Å². The van der Waals surface area contributed by atoms with Gasteiger partial charge in [0.25, 0.3) is 0 Å². The van der Waals surface area contributed by atoms with Gasteiger partial charge in [-0.1, -0.05) is 12.1 Å². The standard InChI is InChI=1S/C16H9FN2O2/c17-8-5-6-12-10(7-8)13(16(21)19-12)14-15(20)9-3-1-2-4-11(9)18-14/h1-7,19,21H. The van der Waals surface area contributed by atoms with Crippen molar-refractivity contribution in [2.45, 2.75) is 0 Å². The van der Waals surface area contributed by atoms with E-state index < -0.39 is 5.82 Å². The first kappa shape index (κ1) is 11.8. The number of halogens is 1. The average Bonchev–Trinajstić information content (AvgIpc) is 2.96. The molecule has 0 atom stereocenters. The van der Waals surface area contributed by atoms with Crippen LogP contribution in [0.3, 0.4) is 0 Å². The van der Waals surface area contributed by atoms with Gasteiger partial charge in [-0.2, -0.15) is 0 Å². The number of aliphatic imine (C=N–C) groups is 1. The van der Waals surface area contributed by atoms with Gasteiger partial charge in [0.1, 0.15) is 11.5 Å². The average molecular weight is 280 g/mol. The number of benzene rings is 2. The van der Waals surface area contributed by atoms with E-state index in [0.29, 0.717) is 22.2 Å². The van der Waals surface area contributed by atoms with E-state index in [1.807, 2.05) is 0 Å². The highest BCUT2D eigenvalue weighted by Gasteiger charge is 2.29. The maximum Gasteiger partial charge on any atom is 0.214 e. The molecule has 5 heteroatoms. The van der Waals surface area contributed by atoms with Gasteiger partial charge in [-0.3, -0.25) is 4.79 Å². The van der Waals surface area contributed by atoms with Crippen LogP contribution in [0.4, 0.5) is 10.1 Å². The van der Waals surface area contributed by atoms with Crippen molar-refractivity contribution in [3.8, 4) is 5.88 Å². The molecular formula is C16H9FN2O2. The number of para-hydroxylation sites is 1. The highest BCUT2D eigenvalue weighted by atomic mass is 19.1. The molecule has 0 radical (unpaired) electrons. The van der Waals surface area contributed by atoms with E-state index >= 15 is 0 Å². The van der Waals surface area contributed by atoms with Crippen molar-refractivity contribution in [3.63, 3.8) is 0 Å². The molecule has 1 aliphatic rings. The summed E-state index contributed by atoms with van der Waals surface area (Å²) in [4.78, 5) is 19.4. The SMILES string of the molecule is O=C1C(c2c(O)[nH]c3ccc(F)cc23)=Nc2ccccc21. The van der Waals surface area contributed by atoms with Crippen molar-refractivity contribution >= 4 is 28.1 Å². The van der Waals surface area contributed by atoms with Crippen LogP contribution in [0.2, 0.25) is 0 Å². The number of H-pyrrole nitrogens is 1. The second kappa shape index (κ2) is 4.02.